The van der Waals surface area contributed by atoms with Gasteiger partial charge in [0.05, 0.1) is 11.4 Å². The zero-order chi connectivity index (χ0) is 14.2. The Labute approximate surface area is 114 Å². The lowest BCUT2D eigenvalue weighted by molar-refractivity contribution is 0.597. The first-order valence-corrected chi connectivity index (χ1v) is 7.62. The van der Waals surface area contributed by atoms with E-state index in [9.17, 15) is 12.8 Å². The summed E-state index contributed by atoms with van der Waals surface area (Å²) in [5.41, 5.74) is 5.79. The maximum absolute atomic E-state index is 13.3. The van der Waals surface area contributed by atoms with Crippen LogP contribution in [0, 0.1) is 19.7 Å². The lowest BCUT2D eigenvalue weighted by Crippen LogP contribution is -2.15. The highest BCUT2D eigenvalue weighted by molar-refractivity contribution is 7.93. The predicted molar refractivity (Wildman–Crippen MR) is 73.2 cm³/mol. The van der Waals surface area contributed by atoms with Gasteiger partial charge in [0.25, 0.3) is 10.0 Å². The van der Waals surface area contributed by atoms with Crippen LogP contribution in [0.3, 0.4) is 0 Å². The summed E-state index contributed by atoms with van der Waals surface area (Å²) in [6.07, 6.45) is 0. The molecule has 0 aliphatic heterocycles. The summed E-state index contributed by atoms with van der Waals surface area (Å²) in [6, 6.07) is 3.64. The molecule has 3 N–H and O–H groups in total. The van der Waals surface area contributed by atoms with E-state index in [1.165, 1.54) is 23.5 Å². The highest BCUT2D eigenvalue weighted by Gasteiger charge is 2.21. The number of hydrogen-bond donors (Lipinski definition) is 2. The number of hydrogen-bond acceptors (Lipinski definition) is 5. The molecule has 0 saturated heterocycles. The lowest BCUT2D eigenvalue weighted by atomic mass is 10.3. The van der Waals surface area contributed by atoms with Gasteiger partial charge in [0.15, 0.2) is 5.13 Å². The van der Waals surface area contributed by atoms with Crippen LogP contribution in [-0.2, 0) is 10.0 Å². The molecule has 0 bridgehead atoms. The van der Waals surface area contributed by atoms with Crippen molar-refractivity contribution in [2.24, 2.45) is 0 Å². The van der Waals surface area contributed by atoms with Gasteiger partial charge in [-0.2, -0.15) is 0 Å². The van der Waals surface area contributed by atoms with Crippen LogP contribution < -0.4 is 10.5 Å². The Bertz CT molecular complexity index is 706. The monoisotopic (exact) mass is 301 g/mol. The van der Waals surface area contributed by atoms with Gasteiger partial charge in [0.2, 0.25) is 0 Å². The van der Waals surface area contributed by atoms with E-state index in [0.29, 0.717) is 0 Å². The van der Waals surface area contributed by atoms with E-state index >= 15 is 0 Å². The molecular formula is C11H12FN3O2S2. The fourth-order valence-corrected chi connectivity index (χ4v) is 3.63. The van der Waals surface area contributed by atoms with Crippen LogP contribution in [0.15, 0.2) is 23.1 Å². The Morgan fingerprint density at radius 2 is 2.05 bits per heavy atom. The summed E-state index contributed by atoms with van der Waals surface area (Å²) >= 11 is 1.21. The van der Waals surface area contributed by atoms with Gasteiger partial charge in [-0.15, -0.1) is 11.3 Å². The number of sulfonamides is 1. The highest BCUT2D eigenvalue weighted by Crippen LogP contribution is 2.27. The molecule has 0 unspecified atom stereocenters. The number of rotatable bonds is 3. The molecule has 0 aliphatic carbocycles. The maximum atomic E-state index is 13.3. The van der Waals surface area contributed by atoms with E-state index in [0.717, 1.165) is 16.6 Å². The second kappa shape index (κ2) is 4.78. The van der Waals surface area contributed by atoms with E-state index in [4.69, 9.17) is 5.73 Å². The third-order valence-corrected chi connectivity index (χ3v) is 5.07. The van der Waals surface area contributed by atoms with Gasteiger partial charge >= 0.3 is 0 Å². The number of aromatic nitrogens is 1. The standard InChI is InChI=1S/C11H12FN3O2S2/c1-6-7(2)18-11(14-6)15-19(16,17)9-5-3-4-8(12)10(9)13/h3-5H,13H2,1-2H3,(H,14,15). The molecule has 0 fully saturated rings. The normalized spacial score (nSPS) is 11.5. The topological polar surface area (TPSA) is 85.1 Å². The van der Waals surface area contributed by atoms with Crippen molar-refractivity contribution in [3.8, 4) is 0 Å². The Morgan fingerprint density at radius 1 is 1.37 bits per heavy atom. The zero-order valence-corrected chi connectivity index (χ0v) is 11.9. The van der Waals surface area contributed by atoms with Crippen molar-refractivity contribution in [2.45, 2.75) is 18.7 Å². The van der Waals surface area contributed by atoms with E-state index in [1.807, 2.05) is 6.92 Å². The molecule has 1 heterocycles. The van der Waals surface area contributed by atoms with Crippen LogP contribution in [0.2, 0.25) is 0 Å². The van der Waals surface area contributed by atoms with Crippen LogP contribution in [0.4, 0.5) is 15.2 Å². The number of benzene rings is 1. The first kappa shape index (κ1) is 13.8. The molecule has 19 heavy (non-hydrogen) atoms. The average Bonchev–Trinajstić information content (AvgIpc) is 2.60. The van der Waals surface area contributed by atoms with Gasteiger partial charge in [-0.05, 0) is 26.0 Å². The number of nitrogens with zero attached hydrogens (tertiary/aromatic N) is 1. The van der Waals surface area contributed by atoms with Gasteiger partial charge in [0, 0.05) is 4.88 Å². The van der Waals surface area contributed by atoms with Gasteiger partial charge < -0.3 is 5.73 Å². The SMILES string of the molecule is Cc1nc(NS(=O)(=O)c2cccc(F)c2N)sc1C. The van der Waals surface area contributed by atoms with Crippen LogP contribution in [-0.4, -0.2) is 13.4 Å². The highest BCUT2D eigenvalue weighted by atomic mass is 32.2. The third kappa shape index (κ3) is 2.69. The summed E-state index contributed by atoms with van der Waals surface area (Å²) in [5, 5.41) is 0.235. The van der Waals surface area contributed by atoms with Gasteiger partial charge in [-0.25, -0.2) is 17.8 Å². The average molecular weight is 301 g/mol. The number of halogens is 1. The molecule has 8 heteroatoms. The predicted octanol–water partition coefficient (Wildman–Crippen LogP) is 2.28. The third-order valence-electron chi connectivity index (χ3n) is 2.55. The minimum atomic E-state index is -3.94. The van der Waals surface area contributed by atoms with Gasteiger partial charge in [-0.3, -0.25) is 4.72 Å². The minimum absolute atomic E-state index is 0.235. The first-order valence-electron chi connectivity index (χ1n) is 5.32. The van der Waals surface area contributed by atoms with E-state index < -0.39 is 21.5 Å². The van der Waals surface area contributed by atoms with Crippen molar-refractivity contribution in [2.75, 3.05) is 10.5 Å². The molecule has 102 valence electrons. The number of thiazole rings is 1. The van der Waals surface area contributed by atoms with Crippen molar-refractivity contribution in [3.63, 3.8) is 0 Å². The second-order valence-corrected chi connectivity index (χ2v) is 6.77. The largest absolute Gasteiger partial charge is 0.395 e. The van der Waals surface area contributed by atoms with Crippen molar-refractivity contribution < 1.29 is 12.8 Å². The smallest absolute Gasteiger partial charge is 0.265 e. The number of nitrogens with two attached hydrogens (primary N) is 1. The Balaban J connectivity index is 2.40. The molecule has 2 aromatic rings. The van der Waals surface area contributed by atoms with Crippen molar-refractivity contribution in [1.82, 2.24) is 4.98 Å². The fourth-order valence-electron chi connectivity index (χ4n) is 1.44. The van der Waals surface area contributed by atoms with Crippen molar-refractivity contribution >= 4 is 32.2 Å². The zero-order valence-electron chi connectivity index (χ0n) is 10.3. The molecular weight excluding hydrogens is 289 g/mol. The Morgan fingerprint density at radius 3 is 2.63 bits per heavy atom. The Kier molecular flexibility index (Phi) is 3.46. The molecule has 2 rings (SSSR count). The molecule has 0 aliphatic rings. The number of para-hydroxylation sites is 1. The quantitative estimate of drug-likeness (QED) is 0.852. The van der Waals surface area contributed by atoms with E-state index in [2.05, 4.69) is 9.71 Å². The summed E-state index contributed by atoms with van der Waals surface area (Å²) in [5.74, 6) is -0.769. The molecule has 5 nitrogen and oxygen atoms in total. The summed E-state index contributed by atoms with van der Waals surface area (Å²) in [7, 11) is -3.94. The Hall–Kier alpha value is -1.67. The number of anilines is 2. The molecule has 0 spiro atoms. The van der Waals surface area contributed by atoms with Crippen LogP contribution in [0.1, 0.15) is 10.6 Å². The number of nitrogen functional groups attached to an aromatic ring is 1. The molecule has 0 amide bonds. The van der Waals surface area contributed by atoms with Gasteiger partial charge in [-0.1, -0.05) is 6.07 Å². The van der Waals surface area contributed by atoms with E-state index in [1.54, 1.807) is 6.92 Å². The molecule has 0 radical (unpaired) electrons. The molecule has 0 saturated carbocycles. The molecule has 1 aromatic heterocycles. The number of aryl methyl sites for hydroxylation is 2. The summed E-state index contributed by atoms with van der Waals surface area (Å²) in [6.45, 7) is 3.61. The number of nitrogens with one attached hydrogen (secondary N) is 1. The second-order valence-electron chi connectivity index (χ2n) is 3.92. The lowest BCUT2D eigenvalue weighted by Gasteiger charge is -2.08. The summed E-state index contributed by atoms with van der Waals surface area (Å²) in [4.78, 5) is 4.68. The molecule has 0 atom stereocenters. The van der Waals surface area contributed by atoms with Crippen molar-refractivity contribution in [3.05, 3.63) is 34.6 Å². The fraction of sp³-hybridized carbons (Fsp3) is 0.182. The van der Waals surface area contributed by atoms with Crippen LogP contribution >= 0.6 is 11.3 Å². The van der Waals surface area contributed by atoms with Crippen molar-refractivity contribution in [1.29, 1.82) is 0 Å². The van der Waals surface area contributed by atoms with Crippen LogP contribution in [0.5, 0.6) is 0 Å². The first-order chi connectivity index (χ1) is 8.81. The van der Waals surface area contributed by atoms with E-state index in [-0.39, 0.29) is 10.0 Å². The summed E-state index contributed by atoms with van der Waals surface area (Å²) < 4.78 is 39.8. The maximum Gasteiger partial charge on any atom is 0.265 e. The van der Waals surface area contributed by atoms with Gasteiger partial charge in [0.1, 0.15) is 10.7 Å². The van der Waals surface area contributed by atoms with Crippen LogP contribution in [0.25, 0.3) is 0 Å². The molecule has 1 aromatic carbocycles. The minimum Gasteiger partial charge on any atom is -0.395 e.